The van der Waals surface area contributed by atoms with Crippen LogP contribution in [0.3, 0.4) is 0 Å². The molecule has 2 bridgehead atoms. The summed E-state index contributed by atoms with van der Waals surface area (Å²) in [5, 5.41) is -0.436. The molecule has 3 aliphatic heterocycles. The maximum atomic E-state index is 15.3. The molecule has 5 fully saturated rings. The van der Waals surface area contributed by atoms with Gasteiger partial charge in [-0.05, 0) is 50.2 Å². The van der Waals surface area contributed by atoms with E-state index in [-0.39, 0.29) is 11.1 Å². The van der Waals surface area contributed by atoms with Crippen LogP contribution in [-0.2, 0) is 10.0 Å². The lowest BCUT2D eigenvalue weighted by Gasteiger charge is -2.40. The smallest absolute Gasteiger partial charge is 0.268 e. The highest BCUT2D eigenvalue weighted by molar-refractivity contribution is 7.92. The predicted molar refractivity (Wildman–Crippen MR) is 126 cm³/mol. The molecule has 2 aromatic rings. The molecule has 188 valence electrons. The zero-order chi connectivity index (χ0) is 24.5. The Morgan fingerprint density at radius 2 is 1.97 bits per heavy atom. The van der Waals surface area contributed by atoms with E-state index in [1.807, 2.05) is 9.62 Å². The predicted octanol–water partition coefficient (Wildman–Crippen LogP) is 4.80. The fourth-order valence-corrected chi connectivity index (χ4v) is 8.33. The number of aromatic nitrogens is 1. The fourth-order valence-electron chi connectivity index (χ4n) is 6.86. The Morgan fingerprint density at radius 3 is 2.69 bits per heavy atom. The van der Waals surface area contributed by atoms with Gasteiger partial charge in [-0.3, -0.25) is 9.62 Å². The topological polar surface area (TPSA) is 65.5 Å². The van der Waals surface area contributed by atoms with Gasteiger partial charge in [-0.1, -0.05) is 24.1 Å². The number of hydrogen-bond donors (Lipinski definition) is 1. The van der Waals surface area contributed by atoms with Gasteiger partial charge in [0.15, 0.2) is 10.7 Å². The standard InChI is InChI=1S/C24H26ClF3N4O2S/c25-21-17(11-16(26)23(22(21)28)35(33,34)30-20-5-1-4-19(27)29-20)31-8-7-24(13-31)6-2-3-18(24)32-12-14-9-15(32)10-14/h1,4-5,11,14-15,18H,2-3,6-10,12-13H2,(H,29,30)/t14?,15?,18-,24-/m0/s1. The van der Waals surface area contributed by atoms with Crippen molar-refractivity contribution in [2.75, 3.05) is 29.3 Å². The number of rotatable bonds is 5. The maximum absolute atomic E-state index is 15.3. The van der Waals surface area contributed by atoms with Crippen LogP contribution >= 0.6 is 11.6 Å². The molecule has 2 saturated carbocycles. The van der Waals surface area contributed by atoms with Gasteiger partial charge in [0.1, 0.15) is 16.7 Å². The largest absolute Gasteiger partial charge is 0.370 e. The number of sulfonamides is 1. The third-order valence-corrected chi connectivity index (χ3v) is 10.2. The van der Waals surface area contributed by atoms with Crippen molar-refractivity contribution < 1.29 is 21.6 Å². The zero-order valence-corrected chi connectivity index (χ0v) is 20.6. The van der Waals surface area contributed by atoms with Crippen LogP contribution in [-0.4, -0.2) is 50.0 Å². The van der Waals surface area contributed by atoms with Crippen molar-refractivity contribution in [3.05, 3.63) is 46.9 Å². The zero-order valence-electron chi connectivity index (χ0n) is 19.0. The minimum atomic E-state index is -4.74. The first kappa shape index (κ1) is 23.4. The lowest BCUT2D eigenvalue weighted by Crippen LogP contribution is -2.47. The molecular formula is C24H26ClF3N4O2S. The summed E-state index contributed by atoms with van der Waals surface area (Å²) in [5.74, 6) is -3.13. The minimum Gasteiger partial charge on any atom is -0.370 e. The van der Waals surface area contributed by atoms with E-state index in [2.05, 4.69) is 9.88 Å². The van der Waals surface area contributed by atoms with Gasteiger partial charge >= 0.3 is 0 Å². The first-order valence-corrected chi connectivity index (χ1v) is 13.9. The number of benzene rings is 1. The maximum Gasteiger partial charge on any atom is 0.268 e. The molecule has 7 rings (SSSR count). The van der Waals surface area contributed by atoms with Gasteiger partial charge in [-0.15, -0.1) is 0 Å². The van der Waals surface area contributed by atoms with E-state index in [0.717, 1.165) is 50.3 Å². The van der Waals surface area contributed by atoms with Gasteiger partial charge in [-0.25, -0.2) is 22.2 Å². The van der Waals surface area contributed by atoms with Crippen molar-refractivity contribution in [1.29, 1.82) is 0 Å². The van der Waals surface area contributed by atoms with E-state index in [4.69, 9.17) is 11.6 Å². The van der Waals surface area contributed by atoms with E-state index in [9.17, 15) is 12.8 Å². The Hall–Kier alpha value is -2.04. The summed E-state index contributed by atoms with van der Waals surface area (Å²) in [6.45, 7) is 2.40. The SMILES string of the molecule is O=S(=O)(Nc1cccc(F)n1)c1c(F)cc(N2CC[C@@]3(CCC[C@@H]3N3CC4CC3C4)C2)c(Cl)c1F. The number of nitrogens with one attached hydrogen (secondary N) is 1. The molecule has 1 aromatic heterocycles. The van der Waals surface area contributed by atoms with E-state index in [1.165, 1.54) is 25.0 Å². The van der Waals surface area contributed by atoms with Crippen LogP contribution in [0, 0.1) is 28.9 Å². The first-order chi connectivity index (χ1) is 16.7. The molecule has 0 amide bonds. The second-order valence-corrected chi connectivity index (χ2v) is 12.4. The number of halogens is 4. The van der Waals surface area contributed by atoms with Crippen LogP contribution in [0.25, 0.3) is 0 Å². The summed E-state index contributed by atoms with van der Waals surface area (Å²) >= 11 is 6.31. The van der Waals surface area contributed by atoms with Gasteiger partial charge in [0.05, 0.1) is 5.69 Å². The Labute approximate surface area is 207 Å². The normalized spacial score (nSPS) is 30.3. The summed E-state index contributed by atoms with van der Waals surface area (Å²) in [7, 11) is -4.74. The van der Waals surface area contributed by atoms with Crippen molar-refractivity contribution in [3.63, 3.8) is 0 Å². The van der Waals surface area contributed by atoms with E-state index < -0.39 is 43.3 Å². The monoisotopic (exact) mass is 526 g/mol. The Morgan fingerprint density at radius 1 is 1.17 bits per heavy atom. The minimum absolute atomic E-state index is 0.0586. The second kappa shape index (κ2) is 8.24. The van der Waals surface area contributed by atoms with Gasteiger partial charge in [0.2, 0.25) is 5.95 Å². The molecule has 1 N–H and O–H groups in total. The first-order valence-electron chi connectivity index (χ1n) is 12.0. The molecule has 2 aliphatic carbocycles. The summed E-state index contributed by atoms with van der Waals surface area (Å²) < 4.78 is 71.1. The third kappa shape index (κ3) is 3.79. The van der Waals surface area contributed by atoms with Crippen molar-refractivity contribution in [3.8, 4) is 0 Å². The molecule has 6 nitrogen and oxygen atoms in total. The number of fused-ring (bicyclic) bond motifs is 1. The number of hydrogen-bond acceptors (Lipinski definition) is 5. The molecule has 0 unspecified atom stereocenters. The van der Waals surface area contributed by atoms with E-state index in [0.29, 0.717) is 25.2 Å². The highest BCUT2D eigenvalue weighted by Gasteiger charge is 2.55. The van der Waals surface area contributed by atoms with Crippen LogP contribution in [0.2, 0.25) is 5.02 Å². The van der Waals surface area contributed by atoms with Crippen LogP contribution < -0.4 is 9.62 Å². The van der Waals surface area contributed by atoms with Crippen LogP contribution in [0.5, 0.6) is 0 Å². The number of anilines is 2. The lowest BCUT2D eigenvalue weighted by atomic mass is 9.80. The molecule has 2 atom stereocenters. The summed E-state index contributed by atoms with van der Waals surface area (Å²) in [6.07, 6.45) is 6.84. The van der Waals surface area contributed by atoms with E-state index >= 15 is 8.78 Å². The van der Waals surface area contributed by atoms with E-state index in [1.54, 1.807) is 0 Å². The van der Waals surface area contributed by atoms with Gasteiger partial charge < -0.3 is 4.90 Å². The van der Waals surface area contributed by atoms with Crippen molar-refractivity contribution >= 4 is 33.1 Å². The van der Waals surface area contributed by atoms with Crippen molar-refractivity contribution in [2.24, 2.45) is 11.3 Å². The van der Waals surface area contributed by atoms with Gasteiger partial charge in [-0.2, -0.15) is 4.39 Å². The number of pyridine rings is 1. The molecule has 5 aliphatic rings. The molecule has 35 heavy (non-hydrogen) atoms. The molecule has 0 radical (unpaired) electrons. The summed E-state index contributed by atoms with van der Waals surface area (Å²) in [6, 6.07) is 5.58. The summed E-state index contributed by atoms with van der Waals surface area (Å²) in [4.78, 5) is 6.75. The highest BCUT2D eigenvalue weighted by atomic mass is 35.5. The van der Waals surface area contributed by atoms with Crippen molar-refractivity contribution in [1.82, 2.24) is 9.88 Å². The second-order valence-electron chi connectivity index (χ2n) is 10.4. The Bertz CT molecular complexity index is 1290. The highest BCUT2D eigenvalue weighted by Crippen LogP contribution is 2.54. The van der Waals surface area contributed by atoms with Crippen LogP contribution in [0.4, 0.5) is 24.7 Å². The van der Waals surface area contributed by atoms with Crippen LogP contribution in [0.15, 0.2) is 29.2 Å². The molecule has 1 spiro atoms. The summed E-state index contributed by atoms with van der Waals surface area (Å²) in [5.41, 5.74) is 0.223. The van der Waals surface area contributed by atoms with Crippen molar-refractivity contribution in [2.45, 2.75) is 55.5 Å². The third-order valence-electron chi connectivity index (χ3n) is 8.45. The van der Waals surface area contributed by atoms with Gasteiger partial charge in [0, 0.05) is 43.2 Å². The molecule has 1 aromatic carbocycles. The van der Waals surface area contributed by atoms with Gasteiger partial charge in [0.25, 0.3) is 10.0 Å². The fraction of sp³-hybridized carbons (Fsp3) is 0.542. The molecule has 4 heterocycles. The molecule has 3 saturated heterocycles. The van der Waals surface area contributed by atoms with Crippen LogP contribution in [0.1, 0.15) is 38.5 Å². The average molecular weight is 527 g/mol. The quantitative estimate of drug-likeness (QED) is 0.448. The lowest BCUT2D eigenvalue weighted by molar-refractivity contribution is 0.0979. The Kier molecular flexibility index (Phi) is 5.50. The molecule has 11 heteroatoms. The molecular weight excluding hydrogens is 501 g/mol. The average Bonchev–Trinajstić information content (AvgIpc) is 3.54. The number of nitrogens with zero attached hydrogens (tertiary/aromatic N) is 3. The Balaban J connectivity index is 1.27.